The third-order valence-corrected chi connectivity index (χ3v) is 3.89. The molecule has 0 saturated heterocycles. The Hall–Kier alpha value is -1.95. The summed E-state index contributed by atoms with van der Waals surface area (Å²) in [6, 6.07) is 5.80. The number of hydrogen-bond acceptors (Lipinski definition) is 4. The van der Waals surface area contributed by atoms with Gasteiger partial charge in [-0.15, -0.1) is 11.3 Å². The third-order valence-electron chi connectivity index (χ3n) is 2.76. The lowest BCUT2D eigenvalue weighted by Crippen LogP contribution is -2.23. The summed E-state index contributed by atoms with van der Waals surface area (Å²) in [5.41, 5.74) is 0.700. The van der Waals surface area contributed by atoms with Crippen LogP contribution in [0, 0.1) is 12.7 Å². The van der Waals surface area contributed by atoms with Gasteiger partial charge in [0, 0.05) is 6.54 Å². The molecule has 0 fully saturated rings. The van der Waals surface area contributed by atoms with Crippen LogP contribution in [0.15, 0.2) is 24.3 Å². The summed E-state index contributed by atoms with van der Waals surface area (Å²) < 4.78 is 18.3. The number of aryl methyl sites for hydroxylation is 1. The summed E-state index contributed by atoms with van der Waals surface area (Å²) in [7, 11) is 0. The summed E-state index contributed by atoms with van der Waals surface area (Å²) in [4.78, 5) is 16.9. The molecule has 0 saturated carbocycles. The van der Waals surface area contributed by atoms with Crippen molar-refractivity contribution in [2.45, 2.75) is 26.9 Å². The minimum absolute atomic E-state index is 0.0973. The summed E-state index contributed by atoms with van der Waals surface area (Å²) in [6.45, 7) is 4.72. The van der Waals surface area contributed by atoms with E-state index in [4.69, 9.17) is 4.74 Å². The number of hydrogen-bond donors (Lipinski definition) is 1. The Bertz CT molecular complexity index is 611. The van der Waals surface area contributed by atoms with Gasteiger partial charge in [-0.1, -0.05) is 6.92 Å². The van der Waals surface area contributed by atoms with E-state index in [9.17, 15) is 9.18 Å². The van der Waals surface area contributed by atoms with Gasteiger partial charge in [-0.05, 0) is 37.6 Å². The van der Waals surface area contributed by atoms with E-state index in [0.717, 1.165) is 11.4 Å². The van der Waals surface area contributed by atoms with E-state index in [1.54, 1.807) is 19.1 Å². The quantitative estimate of drug-likeness (QED) is 0.890. The zero-order chi connectivity index (χ0) is 15.2. The first-order valence-electron chi connectivity index (χ1n) is 6.73. The first-order valence-corrected chi connectivity index (χ1v) is 7.54. The molecule has 1 aromatic carbocycles. The van der Waals surface area contributed by atoms with Crippen molar-refractivity contribution in [2.24, 2.45) is 0 Å². The Kier molecular flexibility index (Phi) is 5.27. The number of nitrogens with zero attached hydrogens (tertiary/aromatic N) is 1. The fourth-order valence-electron chi connectivity index (χ4n) is 1.72. The predicted molar refractivity (Wildman–Crippen MR) is 80.2 cm³/mol. The van der Waals surface area contributed by atoms with Gasteiger partial charge < -0.3 is 10.1 Å². The van der Waals surface area contributed by atoms with E-state index >= 15 is 0 Å². The average molecular weight is 308 g/mol. The van der Waals surface area contributed by atoms with Crippen molar-refractivity contribution in [3.63, 3.8) is 0 Å². The van der Waals surface area contributed by atoms with Crippen molar-refractivity contribution in [3.05, 3.63) is 45.7 Å². The van der Waals surface area contributed by atoms with Gasteiger partial charge in [0.25, 0.3) is 5.91 Å². The van der Waals surface area contributed by atoms with Gasteiger partial charge in [-0.3, -0.25) is 4.79 Å². The van der Waals surface area contributed by atoms with Crippen LogP contribution in [0.2, 0.25) is 0 Å². The summed E-state index contributed by atoms with van der Waals surface area (Å²) >= 11 is 1.32. The van der Waals surface area contributed by atoms with Gasteiger partial charge >= 0.3 is 0 Å². The molecule has 0 atom stereocenters. The number of carbonyl (C=O) groups is 1. The number of benzene rings is 1. The van der Waals surface area contributed by atoms with E-state index in [1.807, 2.05) is 6.92 Å². The minimum atomic E-state index is -0.303. The van der Waals surface area contributed by atoms with Crippen LogP contribution in [-0.4, -0.2) is 17.4 Å². The molecule has 1 aromatic heterocycles. The molecular formula is C15H17FN2O2S. The summed E-state index contributed by atoms with van der Waals surface area (Å²) in [6.07, 6.45) is 0.893. The van der Waals surface area contributed by atoms with Crippen molar-refractivity contribution < 1.29 is 13.9 Å². The van der Waals surface area contributed by atoms with Crippen molar-refractivity contribution in [1.82, 2.24) is 10.3 Å². The van der Waals surface area contributed by atoms with E-state index in [1.165, 1.54) is 23.5 Å². The first kappa shape index (κ1) is 15.4. The van der Waals surface area contributed by atoms with Gasteiger partial charge in [-0.25, -0.2) is 9.37 Å². The maximum Gasteiger partial charge on any atom is 0.263 e. The zero-order valence-corrected chi connectivity index (χ0v) is 12.8. The highest BCUT2D eigenvalue weighted by molar-refractivity contribution is 7.13. The van der Waals surface area contributed by atoms with Crippen LogP contribution in [0.1, 0.15) is 33.7 Å². The normalized spacial score (nSPS) is 10.4. The molecule has 1 amide bonds. The number of carbonyl (C=O) groups excluding carboxylic acids is 1. The lowest BCUT2D eigenvalue weighted by Gasteiger charge is -2.03. The molecule has 6 heteroatoms. The predicted octanol–water partition coefficient (Wildman–Crippen LogP) is 3.31. The Morgan fingerprint density at radius 3 is 2.76 bits per heavy atom. The lowest BCUT2D eigenvalue weighted by molar-refractivity contribution is 0.0957. The molecule has 2 rings (SSSR count). The molecule has 0 radical (unpaired) electrons. The van der Waals surface area contributed by atoms with Gasteiger partial charge in [0.05, 0.1) is 5.69 Å². The number of halogens is 1. The van der Waals surface area contributed by atoms with Crippen LogP contribution in [0.3, 0.4) is 0 Å². The molecule has 0 spiro atoms. The molecule has 1 N–H and O–H groups in total. The van der Waals surface area contributed by atoms with E-state index in [0.29, 0.717) is 22.9 Å². The number of rotatable bonds is 6. The number of nitrogens with one attached hydrogen (secondary N) is 1. The SMILES string of the molecule is CCCNC(=O)c1sc(COc2ccc(F)cc2)nc1C. The highest BCUT2D eigenvalue weighted by Gasteiger charge is 2.14. The molecule has 112 valence electrons. The van der Waals surface area contributed by atoms with Crippen LogP contribution in [0.5, 0.6) is 5.75 Å². The second-order valence-corrected chi connectivity index (χ2v) is 5.60. The monoisotopic (exact) mass is 308 g/mol. The fourth-order valence-corrected chi connectivity index (χ4v) is 2.61. The van der Waals surface area contributed by atoms with E-state index in [-0.39, 0.29) is 18.3 Å². The number of aromatic nitrogens is 1. The van der Waals surface area contributed by atoms with Crippen molar-refractivity contribution in [2.75, 3.05) is 6.54 Å². The molecule has 2 aromatic rings. The van der Waals surface area contributed by atoms with Crippen LogP contribution in [-0.2, 0) is 6.61 Å². The molecule has 0 bridgehead atoms. The Morgan fingerprint density at radius 1 is 1.38 bits per heavy atom. The van der Waals surface area contributed by atoms with Gasteiger partial charge in [-0.2, -0.15) is 0 Å². The molecular weight excluding hydrogens is 291 g/mol. The van der Waals surface area contributed by atoms with Crippen LogP contribution in [0.25, 0.3) is 0 Å². The largest absolute Gasteiger partial charge is 0.486 e. The van der Waals surface area contributed by atoms with Crippen molar-refractivity contribution in [3.8, 4) is 5.75 Å². The van der Waals surface area contributed by atoms with Gasteiger partial charge in [0.1, 0.15) is 28.1 Å². The highest BCUT2D eigenvalue weighted by Crippen LogP contribution is 2.20. The number of ether oxygens (including phenoxy) is 1. The molecule has 0 unspecified atom stereocenters. The van der Waals surface area contributed by atoms with Crippen LogP contribution < -0.4 is 10.1 Å². The molecule has 4 nitrogen and oxygen atoms in total. The Balaban J connectivity index is 1.98. The second-order valence-electron chi connectivity index (χ2n) is 4.52. The maximum atomic E-state index is 12.8. The fraction of sp³-hybridized carbons (Fsp3) is 0.333. The number of amides is 1. The Morgan fingerprint density at radius 2 is 2.10 bits per heavy atom. The lowest BCUT2D eigenvalue weighted by atomic mass is 10.3. The summed E-state index contributed by atoms with van der Waals surface area (Å²) in [5.74, 6) is 0.170. The molecule has 21 heavy (non-hydrogen) atoms. The maximum absolute atomic E-state index is 12.8. The topological polar surface area (TPSA) is 51.2 Å². The smallest absolute Gasteiger partial charge is 0.263 e. The highest BCUT2D eigenvalue weighted by atomic mass is 32.1. The summed E-state index contributed by atoms with van der Waals surface area (Å²) in [5, 5.41) is 3.55. The standard InChI is InChI=1S/C15H17FN2O2S/c1-3-8-17-15(19)14-10(2)18-13(21-14)9-20-12-6-4-11(16)5-7-12/h4-7H,3,8-9H2,1-2H3,(H,17,19). The van der Waals surface area contributed by atoms with Gasteiger partial charge in [0.15, 0.2) is 0 Å². The molecule has 1 heterocycles. The van der Waals surface area contributed by atoms with Crippen molar-refractivity contribution >= 4 is 17.2 Å². The van der Waals surface area contributed by atoms with E-state index in [2.05, 4.69) is 10.3 Å². The second kappa shape index (κ2) is 7.17. The molecule has 0 aliphatic heterocycles. The Labute approximate surface area is 127 Å². The van der Waals surface area contributed by atoms with Crippen molar-refractivity contribution in [1.29, 1.82) is 0 Å². The van der Waals surface area contributed by atoms with Gasteiger partial charge in [0.2, 0.25) is 0 Å². The van der Waals surface area contributed by atoms with E-state index < -0.39 is 0 Å². The van der Waals surface area contributed by atoms with Crippen LogP contribution in [0.4, 0.5) is 4.39 Å². The number of thiazole rings is 1. The van der Waals surface area contributed by atoms with Crippen LogP contribution >= 0.6 is 11.3 Å². The third kappa shape index (κ3) is 4.26. The molecule has 0 aliphatic carbocycles. The first-order chi connectivity index (χ1) is 10.1. The average Bonchev–Trinajstić information content (AvgIpc) is 2.85. The zero-order valence-electron chi connectivity index (χ0n) is 12.0. The molecule has 0 aliphatic rings. The minimum Gasteiger partial charge on any atom is -0.486 e.